The standard InChI is InChI=1S/C27H29FN8O3/c28-19-3-1-17(2-4-19)13-24(38)34-27(39)33-21-7-5-20(6-8-21)32-26-25-18(9-12-36(25)31-16-30-26)14-35-11-10-22(29)23(37)15-35/h1-9,12,16,22-23,37H,10-11,13-15,29H2,(H,30,31,32)(H2,33,34,38,39)/t22-,23-/m1/s1. The SMILES string of the molecule is N[C@@H]1CCN(Cc2ccn3ncnc(Nc4ccc(NC(=O)NC(=O)Cc5ccc(F)cc5)cc4)c23)C[C@H]1O. The number of nitrogens with one attached hydrogen (secondary N) is 3. The van der Waals surface area contributed by atoms with Crippen molar-refractivity contribution in [1.29, 1.82) is 0 Å². The predicted octanol–water partition coefficient (Wildman–Crippen LogP) is 2.40. The van der Waals surface area contributed by atoms with Crippen molar-refractivity contribution in [2.24, 2.45) is 5.73 Å². The van der Waals surface area contributed by atoms with Crippen molar-refractivity contribution in [3.8, 4) is 0 Å². The number of carbonyl (C=O) groups is 2. The van der Waals surface area contributed by atoms with Crippen LogP contribution in [0.5, 0.6) is 0 Å². The number of aliphatic hydroxyl groups is 1. The number of hydrogen-bond donors (Lipinski definition) is 5. The molecule has 2 aromatic heterocycles. The summed E-state index contributed by atoms with van der Waals surface area (Å²) in [5.74, 6) is -0.282. The fraction of sp³-hybridized carbons (Fsp3) is 0.259. The van der Waals surface area contributed by atoms with E-state index in [4.69, 9.17) is 5.73 Å². The number of likely N-dealkylation sites (tertiary alicyclic amines) is 1. The third kappa shape index (κ3) is 6.55. The van der Waals surface area contributed by atoms with Gasteiger partial charge in [0.2, 0.25) is 5.91 Å². The molecule has 6 N–H and O–H groups in total. The van der Waals surface area contributed by atoms with E-state index in [9.17, 15) is 19.1 Å². The third-order valence-electron chi connectivity index (χ3n) is 6.59. The zero-order valence-electron chi connectivity index (χ0n) is 21.0. The number of hydrogen-bond acceptors (Lipinski definition) is 8. The molecule has 0 saturated carbocycles. The quantitative estimate of drug-likeness (QED) is 0.244. The van der Waals surface area contributed by atoms with Crippen LogP contribution in [0.25, 0.3) is 5.52 Å². The lowest BCUT2D eigenvalue weighted by Gasteiger charge is -2.33. The first-order chi connectivity index (χ1) is 18.8. The number of carbonyl (C=O) groups excluding carboxylic acids is 2. The Bertz CT molecular complexity index is 1460. The summed E-state index contributed by atoms with van der Waals surface area (Å²) in [6, 6.07) is 13.6. The number of aliphatic hydroxyl groups excluding tert-OH is 1. The summed E-state index contributed by atoms with van der Waals surface area (Å²) in [7, 11) is 0. The van der Waals surface area contributed by atoms with E-state index in [1.54, 1.807) is 28.8 Å². The van der Waals surface area contributed by atoms with E-state index in [2.05, 4.69) is 30.9 Å². The van der Waals surface area contributed by atoms with E-state index < -0.39 is 23.9 Å². The van der Waals surface area contributed by atoms with Crippen LogP contribution in [-0.4, -0.2) is 61.8 Å². The topological polar surface area (TPSA) is 150 Å². The molecule has 2 atom stereocenters. The molecule has 11 nitrogen and oxygen atoms in total. The lowest BCUT2D eigenvalue weighted by molar-refractivity contribution is -0.119. The second kappa shape index (κ2) is 11.6. The number of imide groups is 1. The van der Waals surface area contributed by atoms with Crippen molar-refractivity contribution in [2.75, 3.05) is 23.7 Å². The number of fused-ring (bicyclic) bond motifs is 1. The highest BCUT2D eigenvalue weighted by Gasteiger charge is 2.25. The van der Waals surface area contributed by atoms with E-state index in [0.717, 1.165) is 29.7 Å². The van der Waals surface area contributed by atoms with Crippen molar-refractivity contribution in [3.05, 3.63) is 84.1 Å². The van der Waals surface area contributed by atoms with Crippen LogP contribution in [0.4, 0.5) is 26.4 Å². The van der Waals surface area contributed by atoms with Crippen molar-refractivity contribution in [1.82, 2.24) is 24.8 Å². The number of nitrogens with zero attached hydrogens (tertiary/aromatic N) is 4. The molecule has 0 aliphatic carbocycles. The number of nitrogens with two attached hydrogens (primary N) is 1. The van der Waals surface area contributed by atoms with Crippen LogP contribution in [0.15, 0.2) is 67.1 Å². The van der Waals surface area contributed by atoms with Crippen LogP contribution < -0.4 is 21.7 Å². The molecule has 3 amide bonds. The van der Waals surface area contributed by atoms with Crippen LogP contribution in [0.1, 0.15) is 17.5 Å². The monoisotopic (exact) mass is 532 g/mol. The van der Waals surface area contributed by atoms with Gasteiger partial charge in [-0.3, -0.25) is 15.0 Å². The van der Waals surface area contributed by atoms with Gasteiger partial charge in [0.05, 0.1) is 12.5 Å². The highest BCUT2D eigenvalue weighted by molar-refractivity contribution is 6.01. The maximum atomic E-state index is 13.0. The molecule has 4 aromatic rings. The van der Waals surface area contributed by atoms with Gasteiger partial charge in [0.15, 0.2) is 5.82 Å². The van der Waals surface area contributed by atoms with Gasteiger partial charge in [-0.2, -0.15) is 5.10 Å². The number of β-amino-alcohol motifs (C(OH)–C–C–N with tert-alkyl or cyclic N) is 1. The molecule has 1 saturated heterocycles. The van der Waals surface area contributed by atoms with Crippen LogP contribution >= 0.6 is 0 Å². The summed E-state index contributed by atoms with van der Waals surface area (Å²) >= 11 is 0. The Balaban J connectivity index is 1.20. The molecule has 5 rings (SSSR count). The molecule has 0 spiro atoms. The number of piperidine rings is 1. The number of rotatable bonds is 7. The molecular formula is C27H29FN8O3. The van der Waals surface area contributed by atoms with E-state index in [1.165, 1.54) is 30.6 Å². The van der Waals surface area contributed by atoms with Crippen molar-refractivity contribution in [2.45, 2.75) is 31.5 Å². The van der Waals surface area contributed by atoms with E-state index >= 15 is 0 Å². The van der Waals surface area contributed by atoms with Gasteiger partial charge in [-0.1, -0.05) is 12.1 Å². The molecule has 1 fully saturated rings. The number of halogens is 1. The molecule has 0 radical (unpaired) electrons. The van der Waals surface area contributed by atoms with Crippen LogP contribution in [0, 0.1) is 5.82 Å². The van der Waals surface area contributed by atoms with Gasteiger partial charge < -0.3 is 21.5 Å². The van der Waals surface area contributed by atoms with Crippen molar-refractivity contribution >= 4 is 34.6 Å². The molecule has 1 aliphatic heterocycles. The Morgan fingerprint density at radius 1 is 1.08 bits per heavy atom. The Kier molecular flexibility index (Phi) is 7.77. The second-order valence-corrected chi connectivity index (χ2v) is 9.51. The van der Waals surface area contributed by atoms with E-state index in [-0.39, 0.29) is 12.5 Å². The number of anilines is 3. The summed E-state index contributed by atoms with van der Waals surface area (Å²) in [6.45, 7) is 1.93. The molecule has 12 heteroatoms. The first-order valence-corrected chi connectivity index (χ1v) is 12.5. The number of urea groups is 1. The first-order valence-electron chi connectivity index (χ1n) is 12.5. The van der Waals surface area contributed by atoms with Crippen molar-refractivity contribution < 1.29 is 19.1 Å². The maximum Gasteiger partial charge on any atom is 0.325 e. The van der Waals surface area contributed by atoms with Gasteiger partial charge >= 0.3 is 6.03 Å². The van der Waals surface area contributed by atoms with Crippen molar-refractivity contribution in [3.63, 3.8) is 0 Å². The Morgan fingerprint density at radius 2 is 1.82 bits per heavy atom. The smallest absolute Gasteiger partial charge is 0.325 e. The Morgan fingerprint density at radius 3 is 2.56 bits per heavy atom. The summed E-state index contributed by atoms with van der Waals surface area (Å²) in [5, 5.41) is 22.7. The van der Waals surface area contributed by atoms with Gasteiger partial charge in [-0.15, -0.1) is 0 Å². The summed E-state index contributed by atoms with van der Waals surface area (Å²) in [4.78, 5) is 30.9. The van der Waals surface area contributed by atoms with Gasteiger partial charge in [0.25, 0.3) is 0 Å². The first kappa shape index (κ1) is 26.2. The Hall–Kier alpha value is -4.39. The molecule has 39 heavy (non-hydrogen) atoms. The van der Waals surface area contributed by atoms with E-state index in [0.29, 0.717) is 30.2 Å². The maximum absolute atomic E-state index is 13.0. The van der Waals surface area contributed by atoms with Gasteiger partial charge in [-0.25, -0.2) is 18.7 Å². The predicted molar refractivity (Wildman–Crippen MR) is 144 cm³/mol. The summed E-state index contributed by atoms with van der Waals surface area (Å²) in [6.07, 6.45) is 3.47. The minimum Gasteiger partial charge on any atom is -0.390 e. The molecule has 0 bridgehead atoms. The summed E-state index contributed by atoms with van der Waals surface area (Å²) in [5.41, 5.74) is 9.60. The van der Waals surface area contributed by atoms with Crippen LogP contribution in [-0.2, 0) is 17.8 Å². The van der Waals surface area contributed by atoms with Gasteiger partial charge in [0, 0.05) is 43.2 Å². The molecule has 3 heterocycles. The average molecular weight is 533 g/mol. The fourth-order valence-corrected chi connectivity index (χ4v) is 4.53. The summed E-state index contributed by atoms with van der Waals surface area (Å²) < 4.78 is 14.8. The Labute approximate surface area is 223 Å². The zero-order chi connectivity index (χ0) is 27.4. The minimum absolute atomic E-state index is 0.0441. The van der Waals surface area contributed by atoms with Crippen LogP contribution in [0.3, 0.4) is 0 Å². The zero-order valence-corrected chi connectivity index (χ0v) is 21.0. The lowest BCUT2D eigenvalue weighted by atomic mass is 10.0. The van der Waals surface area contributed by atoms with Crippen LogP contribution in [0.2, 0.25) is 0 Å². The second-order valence-electron chi connectivity index (χ2n) is 9.51. The molecule has 2 aromatic carbocycles. The van der Waals surface area contributed by atoms with Gasteiger partial charge in [-0.05, 0) is 60.0 Å². The highest BCUT2D eigenvalue weighted by Crippen LogP contribution is 2.25. The third-order valence-corrected chi connectivity index (χ3v) is 6.59. The molecular weight excluding hydrogens is 503 g/mol. The normalized spacial score (nSPS) is 17.6. The number of amides is 3. The number of benzene rings is 2. The van der Waals surface area contributed by atoms with Gasteiger partial charge in [0.1, 0.15) is 17.7 Å². The fourth-order valence-electron chi connectivity index (χ4n) is 4.53. The molecule has 202 valence electrons. The average Bonchev–Trinajstić information content (AvgIpc) is 3.32. The molecule has 0 unspecified atom stereocenters. The van der Waals surface area contributed by atoms with E-state index in [1.807, 2.05) is 12.3 Å². The largest absolute Gasteiger partial charge is 0.390 e. The number of aromatic nitrogens is 3. The molecule has 1 aliphatic rings. The lowest BCUT2D eigenvalue weighted by Crippen LogP contribution is -2.50. The highest BCUT2D eigenvalue weighted by atomic mass is 19.1. The minimum atomic E-state index is -0.665.